The molecular weight excluding hydrogens is 287 g/mol. The van der Waals surface area contributed by atoms with Gasteiger partial charge in [-0.15, -0.1) is 11.6 Å². The van der Waals surface area contributed by atoms with Crippen LogP contribution in [0.15, 0.2) is 42.5 Å². The predicted octanol–water partition coefficient (Wildman–Crippen LogP) is 4.83. The minimum atomic E-state index is -0.311. The van der Waals surface area contributed by atoms with Crippen molar-refractivity contribution in [1.29, 1.82) is 0 Å². The van der Waals surface area contributed by atoms with Gasteiger partial charge in [-0.3, -0.25) is 0 Å². The third-order valence-electron chi connectivity index (χ3n) is 3.58. The first kappa shape index (κ1) is 14.1. The van der Waals surface area contributed by atoms with Gasteiger partial charge in [0.05, 0.1) is 10.9 Å². The van der Waals surface area contributed by atoms with E-state index >= 15 is 0 Å². The normalized spacial score (nSPS) is 12.8. The number of nitrogens with zero attached hydrogens (tertiary/aromatic N) is 2. The Morgan fingerprint density at radius 1 is 1.19 bits per heavy atom. The van der Waals surface area contributed by atoms with E-state index in [4.69, 9.17) is 11.6 Å². The third kappa shape index (κ3) is 2.66. The van der Waals surface area contributed by atoms with E-state index in [2.05, 4.69) is 36.2 Å². The molecule has 0 radical (unpaired) electrons. The molecule has 0 bridgehead atoms. The number of hydrogen-bond acceptors (Lipinski definition) is 1. The standard InChI is InChI=1S/C17H16ClFN2/c1-11-6-8-13(9-7-11)10-21-15-5-3-4-14(19)16(15)20-17(21)12(2)18/h3-9,12H,10H2,1-2H3. The maximum atomic E-state index is 13.9. The minimum Gasteiger partial charge on any atom is -0.322 e. The van der Waals surface area contributed by atoms with Crippen LogP contribution in [-0.2, 0) is 6.54 Å². The van der Waals surface area contributed by atoms with E-state index < -0.39 is 0 Å². The lowest BCUT2D eigenvalue weighted by Gasteiger charge is -2.11. The number of aryl methyl sites for hydroxylation is 1. The molecule has 2 aromatic carbocycles. The van der Waals surface area contributed by atoms with Gasteiger partial charge in [-0.25, -0.2) is 9.37 Å². The Bertz CT molecular complexity index is 775. The van der Waals surface area contributed by atoms with Crippen molar-refractivity contribution in [3.8, 4) is 0 Å². The smallest absolute Gasteiger partial charge is 0.151 e. The molecule has 2 nitrogen and oxygen atoms in total. The summed E-state index contributed by atoms with van der Waals surface area (Å²) in [6, 6.07) is 13.3. The number of aromatic nitrogens is 2. The highest BCUT2D eigenvalue weighted by molar-refractivity contribution is 6.20. The summed E-state index contributed by atoms with van der Waals surface area (Å²) < 4.78 is 15.9. The van der Waals surface area contributed by atoms with Gasteiger partial charge in [-0.05, 0) is 31.5 Å². The van der Waals surface area contributed by atoms with E-state index in [1.807, 2.05) is 17.6 Å². The Hall–Kier alpha value is -1.87. The molecule has 0 aliphatic rings. The zero-order chi connectivity index (χ0) is 15.0. The lowest BCUT2D eigenvalue weighted by Crippen LogP contribution is -2.05. The van der Waals surface area contributed by atoms with Crippen LogP contribution in [0.1, 0.15) is 29.3 Å². The Morgan fingerprint density at radius 2 is 1.90 bits per heavy atom. The number of para-hydroxylation sites is 1. The summed E-state index contributed by atoms with van der Waals surface area (Å²) in [7, 11) is 0. The number of rotatable bonds is 3. The third-order valence-corrected chi connectivity index (χ3v) is 3.77. The average molecular weight is 303 g/mol. The topological polar surface area (TPSA) is 17.8 Å². The molecule has 4 heteroatoms. The molecular formula is C17H16ClFN2. The molecule has 3 aromatic rings. The lowest BCUT2D eigenvalue weighted by atomic mass is 10.1. The van der Waals surface area contributed by atoms with Crippen LogP contribution in [0, 0.1) is 12.7 Å². The van der Waals surface area contributed by atoms with Gasteiger partial charge >= 0.3 is 0 Å². The number of fused-ring (bicyclic) bond motifs is 1. The summed E-state index contributed by atoms with van der Waals surface area (Å²) in [6.45, 7) is 4.54. The lowest BCUT2D eigenvalue weighted by molar-refractivity contribution is 0.637. The highest BCUT2D eigenvalue weighted by Gasteiger charge is 2.17. The monoisotopic (exact) mass is 302 g/mol. The number of imidazole rings is 1. The molecule has 108 valence electrons. The molecule has 0 fully saturated rings. The summed E-state index contributed by atoms with van der Waals surface area (Å²) >= 11 is 6.22. The zero-order valence-corrected chi connectivity index (χ0v) is 12.7. The van der Waals surface area contributed by atoms with Crippen LogP contribution in [0.2, 0.25) is 0 Å². The maximum Gasteiger partial charge on any atom is 0.151 e. The fraction of sp³-hybridized carbons (Fsp3) is 0.235. The fourth-order valence-electron chi connectivity index (χ4n) is 2.48. The van der Waals surface area contributed by atoms with Crippen LogP contribution in [0.25, 0.3) is 11.0 Å². The number of benzene rings is 2. The Balaban J connectivity index is 2.13. The Labute approximate surface area is 128 Å². The number of halogens is 2. The van der Waals surface area contributed by atoms with E-state index in [0.29, 0.717) is 17.9 Å². The van der Waals surface area contributed by atoms with Gasteiger partial charge in [-0.1, -0.05) is 35.9 Å². The molecule has 0 amide bonds. The summed E-state index contributed by atoms with van der Waals surface area (Å²) in [5, 5.41) is -0.276. The molecule has 21 heavy (non-hydrogen) atoms. The summed E-state index contributed by atoms with van der Waals surface area (Å²) in [5.41, 5.74) is 3.51. The van der Waals surface area contributed by atoms with E-state index in [1.165, 1.54) is 11.6 Å². The van der Waals surface area contributed by atoms with Gasteiger partial charge in [0.2, 0.25) is 0 Å². The highest BCUT2D eigenvalue weighted by atomic mass is 35.5. The quantitative estimate of drug-likeness (QED) is 0.634. The van der Waals surface area contributed by atoms with Gasteiger partial charge < -0.3 is 4.57 Å². The van der Waals surface area contributed by atoms with Gasteiger partial charge in [0.25, 0.3) is 0 Å². The van der Waals surface area contributed by atoms with Crippen LogP contribution in [0.4, 0.5) is 4.39 Å². The van der Waals surface area contributed by atoms with E-state index in [9.17, 15) is 4.39 Å². The van der Waals surface area contributed by atoms with Crippen LogP contribution in [0.5, 0.6) is 0 Å². The first-order valence-corrected chi connectivity index (χ1v) is 7.34. The second-order valence-corrected chi connectivity index (χ2v) is 5.92. The molecule has 1 unspecified atom stereocenters. The van der Waals surface area contributed by atoms with Gasteiger partial charge in [0.15, 0.2) is 5.82 Å². The molecule has 0 saturated heterocycles. The highest BCUT2D eigenvalue weighted by Crippen LogP contribution is 2.27. The molecule has 0 N–H and O–H groups in total. The molecule has 1 atom stereocenters. The van der Waals surface area contributed by atoms with Crippen LogP contribution in [-0.4, -0.2) is 9.55 Å². The van der Waals surface area contributed by atoms with E-state index in [1.54, 1.807) is 6.07 Å². The van der Waals surface area contributed by atoms with Crippen molar-refractivity contribution in [3.63, 3.8) is 0 Å². The van der Waals surface area contributed by atoms with Crippen molar-refractivity contribution >= 4 is 22.6 Å². The van der Waals surface area contributed by atoms with Crippen molar-refractivity contribution in [1.82, 2.24) is 9.55 Å². The first-order valence-electron chi connectivity index (χ1n) is 6.90. The Morgan fingerprint density at radius 3 is 2.57 bits per heavy atom. The van der Waals surface area contributed by atoms with Crippen LogP contribution < -0.4 is 0 Å². The summed E-state index contributed by atoms with van der Waals surface area (Å²) in [6.07, 6.45) is 0. The van der Waals surface area contributed by atoms with E-state index in [0.717, 1.165) is 11.1 Å². The first-order chi connectivity index (χ1) is 10.1. The van der Waals surface area contributed by atoms with Crippen molar-refractivity contribution in [2.24, 2.45) is 0 Å². The predicted molar refractivity (Wildman–Crippen MR) is 84.2 cm³/mol. The maximum absolute atomic E-state index is 13.9. The van der Waals surface area contributed by atoms with Crippen molar-refractivity contribution < 1.29 is 4.39 Å². The Kier molecular flexibility index (Phi) is 3.68. The zero-order valence-electron chi connectivity index (χ0n) is 12.0. The van der Waals surface area contributed by atoms with Gasteiger partial charge in [0, 0.05) is 6.54 Å². The number of alkyl halides is 1. The van der Waals surface area contributed by atoms with Crippen molar-refractivity contribution in [3.05, 3.63) is 65.2 Å². The molecule has 0 aliphatic heterocycles. The second-order valence-electron chi connectivity index (χ2n) is 5.27. The van der Waals surface area contributed by atoms with Crippen LogP contribution >= 0.6 is 11.6 Å². The molecule has 3 rings (SSSR count). The largest absolute Gasteiger partial charge is 0.322 e. The second kappa shape index (κ2) is 5.49. The molecule has 1 heterocycles. The molecule has 0 spiro atoms. The molecule has 0 aliphatic carbocycles. The summed E-state index contributed by atoms with van der Waals surface area (Å²) in [5.74, 6) is 0.381. The van der Waals surface area contributed by atoms with Crippen molar-refractivity contribution in [2.75, 3.05) is 0 Å². The molecule has 0 saturated carbocycles. The van der Waals surface area contributed by atoms with Crippen molar-refractivity contribution in [2.45, 2.75) is 25.8 Å². The molecule has 1 aromatic heterocycles. The SMILES string of the molecule is Cc1ccc(Cn2c(C(C)Cl)nc3c(F)cccc32)cc1. The van der Waals surface area contributed by atoms with E-state index in [-0.39, 0.29) is 11.2 Å². The minimum absolute atomic E-state index is 0.276. The average Bonchev–Trinajstić information content (AvgIpc) is 2.82. The van der Waals surface area contributed by atoms with Gasteiger partial charge in [0.1, 0.15) is 11.3 Å². The summed E-state index contributed by atoms with van der Waals surface area (Å²) in [4.78, 5) is 4.38. The van der Waals surface area contributed by atoms with Gasteiger partial charge in [-0.2, -0.15) is 0 Å². The van der Waals surface area contributed by atoms with Crippen LogP contribution in [0.3, 0.4) is 0 Å². The number of hydrogen-bond donors (Lipinski definition) is 0. The fourth-order valence-corrected chi connectivity index (χ4v) is 2.64.